The van der Waals surface area contributed by atoms with Crippen molar-refractivity contribution in [2.75, 3.05) is 0 Å². The summed E-state index contributed by atoms with van der Waals surface area (Å²) in [5.74, 6) is 0. The van der Waals surface area contributed by atoms with Crippen LogP contribution >= 0.6 is 0 Å². The molecule has 0 unspecified atom stereocenters. The Morgan fingerprint density at radius 2 is 1.12 bits per heavy atom. The summed E-state index contributed by atoms with van der Waals surface area (Å²) < 4.78 is 2.38. The van der Waals surface area contributed by atoms with Gasteiger partial charge < -0.3 is 4.57 Å². The standard InChI is InChI=1S/C56H40N2/c1-33-27-35(36-20-25-51-47(29-36)43-14-8-9-15-50(43)58(51)41-12-6-5-7-13-41)16-21-42(33)52-34(2)28-38-18-24-46-54-39(19-23-45(52)53(38)54)31-49-55(46)44-22-17-37(30-48(44)56(49,3)4)40-11-10-26-57-32-40/h5-32H,1-4H3. The minimum atomic E-state index is -0.128. The summed E-state index contributed by atoms with van der Waals surface area (Å²) in [6, 6.07) is 59.1. The number of aromatic nitrogens is 2. The Bertz CT molecular complexity index is 3480. The molecule has 58 heavy (non-hydrogen) atoms. The second-order valence-corrected chi connectivity index (χ2v) is 16.9. The maximum absolute atomic E-state index is 4.41. The molecule has 0 amide bonds. The van der Waals surface area contributed by atoms with Gasteiger partial charge in [-0.15, -0.1) is 0 Å². The number of para-hydroxylation sites is 2. The molecular formula is C56H40N2. The quantitative estimate of drug-likeness (QED) is 0.164. The van der Waals surface area contributed by atoms with Gasteiger partial charge in [0, 0.05) is 34.3 Å². The highest BCUT2D eigenvalue weighted by Gasteiger charge is 2.37. The highest BCUT2D eigenvalue weighted by atomic mass is 15.0. The van der Waals surface area contributed by atoms with Crippen LogP contribution in [0.3, 0.4) is 0 Å². The Hall–Kier alpha value is -7.03. The summed E-state index contributed by atoms with van der Waals surface area (Å²) in [5, 5.41) is 10.6. The normalized spacial score (nSPS) is 13.3. The lowest BCUT2D eigenvalue weighted by Gasteiger charge is -2.24. The number of pyridine rings is 1. The summed E-state index contributed by atoms with van der Waals surface area (Å²) in [5.41, 5.74) is 19.0. The van der Waals surface area contributed by atoms with E-state index in [2.05, 4.69) is 189 Å². The van der Waals surface area contributed by atoms with Crippen molar-refractivity contribution in [1.82, 2.24) is 9.55 Å². The Kier molecular flexibility index (Phi) is 6.85. The van der Waals surface area contributed by atoms with Crippen LogP contribution in [0.1, 0.15) is 36.1 Å². The third kappa shape index (κ3) is 4.57. The summed E-state index contributed by atoms with van der Waals surface area (Å²) >= 11 is 0. The first-order valence-corrected chi connectivity index (χ1v) is 20.4. The number of hydrogen-bond acceptors (Lipinski definition) is 1. The number of hydrogen-bond donors (Lipinski definition) is 0. The zero-order valence-electron chi connectivity index (χ0n) is 33.1. The molecule has 0 atom stereocenters. The predicted molar refractivity (Wildman–Crippen MR) is 246 cm³/mol. The predicted octanol–water partition coefficient (Wildman–Crippen LogP) is 15.0. The van der Waals surface area contributed by atoms with Crippen molar-refractivity contribution >= 4 is 54.1 Å². The third-order valence-electron chi connectivity index (χ3n) is 13.2. The highest BCUT2D eigenvalue weighted by molar-refractivity contribution is 6.29. The average molecular weight is 741 g/mol. The number of fused-ring (bicyclic) bond motifs is 7. The second kappa shape index (κ2) is 12.0. The van der Waals surface area contributed by atoms with E-state index >= 15 is 0 Å². The molecule has 2 aromatic heterocycles. The van der Waals surface area contributed by atoms with Gasteiger partial charge in [0.1, 0.15) is 0 Å². The summed E-state index contributed by atoms with van der Waals surface area (Å²) in [4.78, 5) is 4.41. The molecule has 0 N–H and O–H groups in total. The molecule has 2 heteroatoms. The molecule has 1 aliphatic carbocycles. The molecule has 0 radical (unpaired) electrons. The van der Waals surface area contributed by atoms with Crippen LogP contribution in [-0.4, -0.2) is 9.55 Å². The summed E-state index contributed by atoms with van der Waals surface area (Å²) in [6.45, 7) is 9.33. The van der Waals surface area contributed by atoms with Gasteiger partial charge in [-0.05, 0) is 161 Å². The van der Waals surface area contributed by atoms with Gasteiger partial charge >= 0.3 is 0 Å². The molecule has 0 saturated heterocycles. The van der Waals surface area contributed by atoms with Crippen molar-refractivity contribution in [3.05, 3.63) is 192 Å². The molecule has 274 valence electrons. The minimum Gasteiger partial charge on any atom is -0.309 e. The Morgan fingerprint density at radius 3 is 1.90 bits per heavy atom. The maximum atomic E-state index is 4.41. The van der Waals surface area contributed by atoms with Crippen LogP contribution in [-0.2, 0) is 5.41 Å². The van der Waals surface area contributed by atoms with Crippen LogP contribution in [0.5, 0.6) is 0 Å². The lowest BCUT2D eigenvalue weighted by molar-refractivity contribution is 0.661. The first kappa shape index (κ1) is 33.1. The van der Waals surface area contributed by atoms with E-state index in [1.165, 1.54) is 121 Å². The van der Waals surface area contributed by atoms with Gasteiger partial charge in [-0.1, -0.05) is 123 Å². The van der Waals surface area contributed by atoms with Crippen LogP contribution in [0.25, 0.3) is 104 Å². The second-order valence-electron chi connectivity index (χ2n) is 16.9. The number of rotatable bonds is 4. The molecular weight excluding hydrogens is 701 g/mol. The monoisotopic (exact) mass is 740 g/mol. The Balaban J connectivity index is 1.00. The molecule has 0 aliphatic heterocycles. The van der Waals surface area contributed by atoms with Gasteiger partial charge in [0.15, 0.2) is 0 Å². The van der Waals surface area contributed by atoms with E-state index in [0.29, 0.717) is 0 Å². The van der Waals surface area contributed by atoms with Crippen LogP contribution in [0.2, 0.25) is 0 Å². The molecule has 0 spiro atoms. The molecule has 11 aromatic rings. The van der Waals surface area contributed by atoms with Crippen molar-refractivity contribution in [3.8, 4) is 50.2 Å². The zero-order valence-corrected chi connectivity index (χ0v) is 33.1. The van der Waals surface area contributed by atoms with Gasteiger partial charge in [0.25, 0.3) is 0 Å². The number of aryl methyl sites for hydroxylation is 2. The zero-order chi connectivity index (χ0) is 38.9. The third-order valence-corrected chi connectivity index (χ3v) is 13.2. The van der Waals surface area contributed by atoms with Crippen molar-refractivity contribution in [3.63, 3.8) is 0 Å². The van der Waals surface area contributed by atoms with E-state index < -0.39 is 0 Å². The summed E-state index contributed by atoms with van der Waals surface area (Å²) in [6.07, 6.45) is 3.81. The van der Waals surface area contributed by atoms with Crippen LogP contribution in [0, 0.1) is 13.8 Å². The van der Waals surface area contributed by atoms with Gasteiger partial charge in [0.2, 0.25) is 0 Å². The Labute approximate surface area is 338 Å². The molecule has 0 bridgehead atoms. The molecule has 0 saturated carbocycles. The first-order chi connectivity index (χ1) is 28.3. The van der Waals surface area contributed by atoms with Crippen molar-refractivity contribution in [2.45, 2.75) is 33.1 Å². The van der Waals surface area contributed by atoms with E-state index in [-0.39, 0.29) is 5.41 Å². The van der Waals surface area contributed by atoms with Gasteiger partial charge in [-0.3, -0.25) is 4.98 Å². The van der Waals surface area contributed by atoms with Crippen LogP contribution < -0.4 is 0 Å². The lowest BCUT2D eigenvalue weighted by Crippen LogP contribution is -2.15. The van der Waals surface area contributed by atoms with E-state index in [1.54, 1.807) is 0 Å². The Morgan fingerprint density at radius 1 is 0.448 bits per heavy atom. The largest absolute Gasteiger partial charge is 0.309 e. The first-order valence-electron chi connectivity index (χ1n) is 20.4. The van der Waals surface area contributed by atoms with E-state index in [4.69, 9.17) is 0 Å². The van der Waals surface area contributed by atoms with Crippen LogP contribution in [0.15, 0.2) is 170 Å². The fraction of sp³-hybridized carbons (Fsp3) is 0.0893. The molecule has 9 aromatic carbocycles. The van der Waals surface area contributed by atoms with E-state index in [0.717, 1.165) is 5.56 Å². The van der Waals surface area contributed by atoms with Crippen LogP contribution in [0.4, 0.5) is 0 Å². The summed E-state index contributed by atoms with van der Waals surface area (Å²) in [7, 11) is 0. The van der Waals surface area contributed by atoms with Gasteiger partial charge in [-0.25, -0.2) is 0 Å². The molecule has 1 aliphatic rings. The van der Waals surface area contributed by atoms with E-state index in [1.807, 2.05) is 18.5 Å². The number of benzene rings is 9. The minimum absolute atomic E-state index is 0.128. The fourth-order valence-electron chi connectivity index (χ4n) is 10.5. The molecule has 12 rings (SSSR count). The molecule has 0 fully saturated rings. The smallest absolute Gasteiger partial charge is 0.0541 e. The van der Waals surface area contributed by atoms with Gasteiger partial charge in [-0.2, -0.15) is 0 Å². The van der Waals surface area contributed by atoms with Crippen molar-refractivity contribution < 1.29 is 0 Å². The maximum Gasteiger partial charge on any atom is 0.0541 e. The molecule has 2 nitrogen and oxygen atoms in total. The lowest BCUT2D eigenvalue weighted by atomic mass is 9.79. The van der Waals surface area contributed by atoms with Crippen molar-refractivity contribution in [2.24, 2.45) is 0 Å². The highest BCUT2D eigenvalue weighted by Crippen LogP contribution is 2.55. The SMILES string of the molecule is Cc1cc(-c2ccc3c(c2)c2ccccc2n3-c2ccccc2)ccc1-c1c(C)cc2ccc3c4c(cc5ccc1c2c53)C(C)(C)c1cc(-c2cccnc2)ccc1-4. The molecule has 2 heterocycles. The topological polar surface area (TPSA) is 17.8 Å². The fourth-order valence-corrected chi connectivity index (χ4v) is 10.5. The average Bonchev–Trinajstić information content (AvgIpc) is 3.70. The number of nitrogens with zero attached hydrogens (tertiary/aromatic N) is 2. The van der Waals surface area contributed by atoms with Crippen molar-refractivity contribution in [1.29, 1.82) is 0 Å². The van der Waals surface area contributed by atoms with Gasteiger partial charge in [0.05, 0.1) is 11.0 Å². The van der Waals surface area contributed by atoms with E-state index in [9.17, 15) is 0 Å².